The molecule has 0 aliphatic heterocycles. The molecule has 4 nitrogen and oxygen atoms in total. The highest BCUT2D eigenvalue weighted by Gasteiger charge is 1.97. The van der Waals surface area contributed by atoms with E-state index in [2.05, 4.69) is 34.3 Å². The predicted octanol–water partition coefficient (Wildman–Crippen LogP) is 1.58. The van der Waals surface area contributed by atoms with Crippen LogP contribution in [0.15, 0.2) is 49.3 Å². The van der Waals surface area contributed by atoms with E-state index < -0.39 is 0 Å². The van der Waals surface area contributed by atoms with Crippen molar-refractivity contribution in [2.45, 2.75) is 6.54 Å². The molecule has 0 saturated carbocycles. The van der Waals surface area contributed by atoms with E-state index >= 15 is 0 Å². The standard InChI is InChI=1S/C13H16N4/c1-12(13-5-3-2-4-6-13)11-14-7-9-17-10-8-15-16-17/h2-6,8,10,14H,1,7,9,11H2. The molecule has 0 atom stereocenters. The number of rotatable bonds is 6. The topological polar surface area (TPSA) is 42.7 Å². The van der Waals surface area contributed by atoms with Gasteiger partial charge in [-0.05, 0) is 11.1 Å². The molecular formula is C13H16N4. The van der Waals surface area contributed by atoms with Gasteiger partial charge < -0.3 is 5.32 Å². The van der Waals surface area contributed by atoms with Gasteiger partial charge in [0.05, 0.1) is 12.7 Å². The molecule has 4 heteroatoms. The van der Waals surface area contributed by atoms with Gasteiger partial charge in [0.2, 0.25) is 0 Å². The monoisotopic (exact) mass is 228 g/mol. The van der Waals surface area contributed by atoms with Crippen molar-refractivity contribution in [1.82, 2.24) is 20.3 Å². The largest absolute Gasteiger partial charge is 0.311 e. The van der Waals surface area contributed by atoms with Crippen molar-refractivity contribution < 1.29 is 0 Å². The van der Waals surface area contributed by atoms with E-state index in [0.717, 1.165) is 25.2 Å². The number of aromatic nitrogens is 3. The Balaban J connectivity index is 1.70. The van der Waals surface area contributed by atoms with Gasteiger partial charge in [-0.15, -0.1) is 5.10 Å². The third kappa shape index (κ3) is 3.53. The Morgan fingerprint density at radius 1 is 1.29 bits per heavy atom. The van der Waals surface area contributed by atoms with Crippen molar-refractivity contribution in [3.63, 3.8) is 0 Å². The highest BCUT2D eigenvalue weighted by Crippen LogP contribution is 2.09. The Hall–Kier alpha value is -1.94. The first-order chi connectivity index (χ1) is 8.36. The first-order valence-electron chi connectivity index (χ1n) is 5.64. The van der Waals surface area contributed by atoms with E-state index in [1.165, 1.54) is 5.56 Å². The molecule has 0 aliphatic rings. The molecule has 1 heterocycles. The quantitative estimate of drug-likeness (QED) is 0.763. The zero-order valence-corrected chi connectivity index (χ0v) is 9.71. The van der Waals surface area contributed by atoms with Crippen molar-refractivity contribution in [2.75, 3.05) is 13.1 Å². The Bertz CT molecular complexity index is 448. The summed E-state index contributed by atoms with van der Waals surface area (Å²) in [6, 6.07) is 10.2. The van der Waals surface area contributed by atoms with Crippen LogP contribution in [0, 0.1) is 0 Å². The molecule has 2 aromatic rings. The normalized spacial score (nSPS) is 10.4. The Morgan fingerprint density at radius 3 is 2.82 bits per heavy atom. The summed E-state index contributed by atoms with van der Waals surface area (Å²) < 4.78 is 1.80. The average Bonchev–Trinajstić information content (AvgIpc) is 2.88. The van der Waals surface area contributed by atoms with Crippen molar-refractivity contribution in [3.05, 3.63) is 54.9 Å². The number of nitrogens with one attached hydrogen (secondary N) is 1. The molecule has 0 saturated heterocycles. The first kappa shape index (κ1) is 11.5. The molecule has 0 spiro atoms. The number of hydrogen-bond donors (Lipinski definition) is 1. The van der Waals surface area contributed by atoms with Crippen LogP contribution in [0.25, 0.3) is 5.57 Å². The molecule has 0 aliphatic carbocycles. The molecule has 0 unspecified atom stereocenters. The van der Waals surface area contributed by atoms with E-state index in [0.29, 0.717) is 0 Å². The van der Waals surface area contributed by atoms with Gasteiger partial charge in [-0.3, -0.25) is 4.68 Å². The fourth-order valence-electron chi connectivity index (χ4n) is 1.56. The lowest BCUT2D eigenvalue weighted by atomic mass is 10.1. The van der Waals surface area contributed by atoms with Crippen LogP contribution < -0.4 is 5.32 Å². The van der Waals surface area contributed by atoms with Crippen LogP contribution in [-0.4, -0.2) is 28.1 Å². The smallest absolute Gasteiger partial charge is 0.0692 e. The lowest BCUT2D eigenvalue weighted by Gasteiger charge is -2.07. The van der Waals surface area contributed by atoms with E-state index in [-0.39, 0.29) is 0 Å². The van der Waals surface area contributed by atoms with Crippen molar-refractivity contribution in [1.29, 1.82) is 0 Å². The summed E-state index contributed by atoms with van der Waals surface area (Å²) in [7, 11) is 0. The Morgan fingerprint density at radius 2 is 2.12 bits per heavy atom. The predicted molar refractivity (Wildman–Crippen MR) is 68.4 cm³/mol. The zero-order valence-electron chi connectivity index (χ0n) is 9.71. The highest BCUT2D eigenvalue weighted by molar-refractivity contribution is 5.64. The minimum atomic E-state index is 0.790. The summed E-state index contributed by atoms with van der Waals surface area (Å²) in [5.41, 5.74) is 2.28. The first-order valence-corrected chi connectivity index (χ1v) is 5.64. The van der Waals surface area contributed by atoms with Gasteiger partial charge in [-0.2, -0.15) is 0 Å². The molecule has 2 rings (SSSR count). The molecule has 0 amide bonds. The Labute approximate surface area is 101 Å². The summed E-state index contributed by atoms with van der Waals surface area (Å²) in [5, 5.41) is 11.0. The Kier molecular flexibility index (Phi) is 4.05. The van der Waals surface area contributed by atoms with E-state index in [1.807, 2.05) is 24.4 Å². The summed E-state index contributed by atoms with van der Waals surface area (Å²) >= 11 is 0. The SMILES string of the molecule is C=C(CNCCn1ccnn1)c1ccccc1. The van der Waals surface area contributed by atoms with Crippen LogP contribution in [0.1, 0.15) is 5.56 Å². The van der Waals surface area contributed by atoms with E-state index in [9.17, 15) is 0 Å². The molecule has 1 aromatic heterocycles. The van der Waals surface area contributed by atoms with Crippen molar-refractivity contribution >= 4 is 5.57 Å². The van der Waals surface area contributed by atoms with Crippen LogP contribution >= 0.6 is 0 Å². The summed E-state index contributed by atoms with van der Waals surface area (Å²) in [4.78, 5) is 0. The highest BCUT2D eigenvalue weighted by atomic mass is 15.4. The van der Waals surface area contributed by atoms with Crippen LogP contribution in [-0.2, 0) is 6.54 Å². The molecule has 0 fully saturated rings. The number of nitrogens with zero attached hydrogens (tertiary/aromatic N) is 3. The molecule has 1 aromatic carbocycles. The maximum Gasteiger partial charge on any atom is 0.0692 e. The molecule has 88 valence electrons. The third-order valence-electron chi connectivity index (χ3n) is 2.51. The maximum atomic E-state index is 4.06. The van der Waals surface area contributed by atoms with Crippen molar-refractivity contribution in [3.8, 4) is 0 Å². The van der Waals surface area contributed by atoms with Gasteiger partial charge in [0.25, 0.3) is 0 Å². The fraction of sp³-hybridized carbons (Fsp3) is 0.231. The third-order valence-corrected chi connectivity index (χ3v) is 2.51. The molecule has 0 bridgehead atoms. The molecular weight excluding hydrogens is 212 g/mol. The molecule has 17 heavy (non-hydrogen) atoms. The lowest BCUT2D eigenvalue weighted by molar-refractivity contribution is 0.557. The molecule has 0 radical (unpaired) electrons. The van der Waals surface area contributed by atoms with Gasteiger partial charge in [-0.25, -0.2) is 0 Å². The summed E-state index contributed by atoms with van der Waals surface area (Å²) in [6.07, 6.45) is 3.54. The van der Waals surface area contributed by atoms with Gasteiger partial charge in [0, 0.05) is 19.3 Å². The van der Waals surface area contributed by atoms with Gasteiger partial charge in [0.15, 0.2) is 0 Å². The summed E-state index contributed by atoms with van der Waals surface area (Å²) in [6.45, 7) is 6.53. The van der Waals surface area contributed by atoms with Gasteiger partial charge in [0.1, 0.15) is 0 Å². The van der Waals surface area contributed by atoms with Crippen LogP contribution in [0.3, 0.4) is 0 Å². The zero-order chi connectivity index (χ0) is 11.9. The van der Waals surface area contributed by atoms with E-state index in [4.69, 9.17) is 0 Å². The average molecular weight is 228 g/mol. The van der Waals surface area contributed by atoms with Crippen LogP contribution in [0.2, 0.25) is 0 Å². The van der Waals surface area contributed by atoms with Crippen molar-refractivity contribution in [2.24, 2.45) is 0 Å². The maximum absolute atomic E-state index is 4.06. The van der Waals surface area contributed by atoms with Gasteiger partial charge >= 0.3 is 0 Å². The minimum Gasteiger partial charge on any atom is -0.311 e. The summed E-state index contributed by atoms with van der Waals surface area (Å²) in [5.74, 6) is 0. The second-order valence-electron chi connectivity index (χ2n) is 3.81. The number of hydrogen-bond acceptors (Lipinski definition) is 3. The van der Waals surface area contributed by atoms with Crippen LogP contribution in [0.4, 0.5) is 0 Å². The molecule has 1 N–H and O–H groups in total. The van der Waals surface area contributed by atoms with Gasteiger partial charge in [-0.1, -0.05) is 42.1 Å². The van der Waals surface area contributed by atoms with Crippen LogP contribution in [0.5, 0.6) is 0 Å². The minimum absolute atomic E-state index is 0.790. The fourth-order valence-corrected chi connectivity index (χ4v) is 1.56. The number of benzene rings is 1. The second kappa shape index (κ2) is 5.96. The van der Waals surface area contributed by atoms with E-state index in [1.54, 1.807) is 10.9 Å². The second-order valence-corrected chi connectivity index (χ2v) is 3.81. The lowest BCUT2D eigenvalue weighted by Crippen LogP contribution is -2.21.